The Morgan fingerprint density at radius 3 is 2.56 bits per heavy atom. The van der Waals surface area contributed by atoms with E-state index in [1.807, 2.05) is 13.0 Å². The molecule has 1 atom stereocenters. The number of nitrogens with one attached hydrogen (secondary N) is 1. The molecular formula is C13H22N2O. The van der Waals surface area contributed by atoms with Gasteiger partial charge in [-0.15, -0.1) is 0 Å². The number of rotatable bonds is 4. The van der Waals surface area contributed by atoms with Crippen molar-refractivity contribution in [3.8, 4) is 6.07 Å². The van der Waals surface area contributed by atoms with Gasteiger partial charge in [0.15, 0.2) is 0 Å². The molecule has 0 aromatic heterocycles. The van der Waals surface area contributed by atoms with Crippen molar-refractivity contribution in [2.75, 3.05) is 6.54 Å². The number of amides is 1. The first-order valence-corrected chi connectivity index (χ1v) is 6.28. The molecule has 0 heterocycles. The summed E-state index contributed by atoms with van der Waals surface area (Å²) in [7, 11) is 0. The lowest BCUT2D eigenvalue weighted by Gasteiger charge is -2.33. The summed E-state index contributed by atoms with van der Waals surface area (Å²) in [6.45, 7) is 4.83. The van der Waals surface area contributed by atoms with Crippen molar-refractivity contribution in [3.05, 3.63) is 0 Å². The van der Waals surface area contributed by atoms with Crippen molar-refractivity contribution in [2.24, 2.45) is 11.3 Å². The smallest absolute Gasteiger partial charge is 0.237 e. The van der Waals surface area contributed by atoms with Crippen molar-refractivity contribution >= 4 is 5.91 Å². The molecule has 3 heteroatoms. The van der Waals surface area contributed by atoms with Crippen LogP contribution in [0.5, 0.6) is 0 Å². The summed E-state index contributed by atoms with van der Waals surface area (Å²) < 4.78 is 0. The standard InChI is InChI=1S/C13H22N2O/c1-3-11(9-14)12(16)15-10-13(2)7-5-4-6-8-13/h11H,3-8,10H2,1-2H3,(H,15,16). The van der Waals surface area contributed by atoms with E-state index in [1.165, 1.54) is 32.1 Å². The number of hydrogen-bond acceptors (Lipinski definition) is 2. The molecule has 0 aromatic rings. The molecule has 1 saturated carbocycles. The Bertz CT molecular complexity index is 274. The average molecular weight is 222 g/mol. The third kappa shape index (κ3) is 3.52. The summed E-state index contributed by atoms with van der Waals surface area (Å²) in [6.07, 6.45) is 6.83. The van der Waals surface area contributed by atoms with Gasteiger partial charge in [0, 0.05) is 6.54 Å². The van der Waals surface area contributed by atoms with Crippen molar-refractivity contribution in [2.45, 2.75) is 52.4 Å². The molecule has 1 fully saturated rings. The molecule has 0 saturated heterocycles. The minimum absolute atomic E-state index is 0.100. The highest BCUT2D eigenvalue weighted by Crippen LogP contribution is 2.34. The third-order valence-electron chi connectivity index (χ3n) is 3.63. The first kappa shape index (κ1) is 13.0. The second kappa shape index (κ2) is 5.89. The number of hydrogen-bond donors (Lipinski definition) is 1. The Morgan fingerprint density at radius 1 is 1.44 bits per heavy atom. The van der Waals surface area contributed by atoms with Gasteiger partial charge in [0.2, 0.25) is 5.91 Å². The largest absolute Gasteiger partial charge is 0.354 e. The van der Waals surface area contributed by atoms with E-state index in [1.54, 1.807) is 0 Å². The average Bonchev–Trinajstić information content (AvgIpc) is 2.29. The summed E-state index contributed by atoms with van der Waals surface area (Å²) in [5.74, 6) is -0.580. The van der Waals surface area contributed by atoms with E-state index >= 15 is 0 Å². The zero-order valence-corrected chi connectivity index (χ0v) is 10.4. The number of nitrogens with zero attached hydrogens (tertiary/aromatic N) is 1. The van der Waals surface area contributed by atoms with E-state index in [2.05, 4.69) is 12.2 Å². The molecule has 1 aliphatic rings. The van der Waals surface area contributed by atoms with Crippen LogP contribution < -0.4 is 5.32 Å². The molecule has 3 nitrogen and oxygen atoms in total. The zero-order chi connectivity index (χ0) is 12.0. The van der Waals surface area contributed by atoms with Crippen molar-refractivity contribution in [3.63, 3.8) is 0 Å². The maximum absolute atomic E-state index is 11.7. The molecule has 1 unspecified atom stereocenters. The minimum atomic E-state index is -0.479. The fraction of sp³-hybridized carbons (Fsp3) is 0.846. The molecule has 0 spiro atoms. The van der Waals surface area contributed by atoms with Gasteiger partial charge >= 0.3 is 0 Å². The van der Waals surface area contributed by atoms with Crippen molar-refractivity contribution in [1.29, 1.82) is 5.26 Å². The van der Waals surface area contributed by atoms with Gasteiger partial charge in [-0.25, -0.2) is 0 Å². The highest BCUT2D eigenvalue weighted by molar-refractivity contribution is 5.80. The lowest BCUT2D eigenvalue weighted by molar-refractivity contribution is -0.124. The summed E-state index contributed by atoms with van der Waals surface area (Å²) in [6, 6.07) is 2.04. The van der Waals surface area contributed by atoms with Crippen molar-refractivity contribution < 1.29 is 4.79 Å². The first-order valence-electron chi connectivity index (χ1n) is 6.28. The highest BCUT2D eigenvalue weighted by atomic mass is 16.1. The summed E-state index contributed by atoms with van der Waals surface area (Å²) in [4.78, 5) is 11.7. The SMILES string of the molecule is CCC(C#N)C(=O)NCC1(C)CCCCC1. The predicted octanol–water partition coefficient (Wildman–Crippen LogP) is 2.62. The summed E-state index contributed by atoms with van der Waals surface area (Å²) >= 11 is 0. The zero-order valence-electron chi connectivity index (χ0n) is 10.4. The lowest BCUT2D eigenvalue weighted by atomic mass is 9.75. The monoisotopic (exact) mass is 222 g/mol. The van der Waals surface area contributed by atoms with Gasteiger partial charge in [-0.1, -0.05) is 33.1 Å². The fourth-order valence-electron chi connectivity index (χ4n) is 2.34. The maximum Gasteiger partial charge on any atom is 0.237 e. The van der Waals surface area contributed by atoms with E-state index in [9.17, 15) is 4.79 Å². The van der Waals surface area contributed by atoms with Crippen LogP contribution in [0.4, 0.5) is 0 Å². The van der Waals surface area contributed by atoms with Gasteiger partial charge < -0.3 is 5.32 Å². The van der Waals surface area contributed by atoms with Crippen LogP contribution in [-0.2, 0) is 4.79 Å². The Balaban J connectivity index is 2.38. The first-order chi connectivity index (χ1) is 7.61. The van der Waals surface area contributed by atoms with Crippen LogP contribution >= 0.6 is 0 Å². The quantitative estimate of drug-likeness (QED) is 0.795. The van der Waals surface area contributed by atoms with E-state index in [0.29, 0.717) is 6.42 Å². The van der Waals surface area contributed by atoms with Gasteiger partial charge in [0.25, 0.3) is 0 Å². The number of nitriles is 1. The third-order valence-corrected chi connectivity index (χ3v) is 3.63. The Kier molecular flexibility index (Phi) is 4.79. The molecule has 0 bridgehead atoms. The summed E-state index contributed by atoms with van der Waals surface area (Å²) in [5.41, 5.74) is 0.252. The van der Waals surface area contributed by atoms with Gasteiger partial charge in [-0.2, -0.15) is 5.26 Å². The van der Waals surface area contributed by atoms with Gasteiger partial charge in [0.05, 0.1) is 6.07 Å². The maximum atomic E-state index is 11.7. The van der Waals surface area contributed by atoms with Gasteiger partial charge in [0.1, 0.15) is 5.92 Å². The van der Waals surface area contributed by atoms with Crippen LogP contribution in [0.25, 0.3) is 0 Å². The van der Waals surface area contributed by atoms with Crippen LogP contribution in [0.1, 0.15) is 52.4 Å². The van der Waals surface area contributed by atoms with Gasteiger partial charge in [-0.3, -0.25) is 4.79 Å². The molecular weight excluding hydrogens is 200 g/mol. The van der Waals surface area contributed by atoms with E-state index < -0.39 is 5.92 Å². The van der Waals surface area contributed by atoms with Crippen LogP contribution in [-0.4, -0.2) is 12.5 Å². The minimum Gasteiger partial charge on any atom is -0.354 e. The summed E-state index contributed by atoms with van der Waals surface area (Å²) in [5, 5.41) is 11.7. The van der Waals surface area contributed by atoms with E-state index in [-0.39, 0.29) is 11.3 Å². The number of carbonyl (C=O) groups excluding carboxylic acids is 1. The fourth-order valence-corrected chi connectivity index (χ4v) is 2.34. The molecule has 1 rings (SSSR count). The molecule has 90 valence electrons. The second-order valence-corrected chi connectivity index (χ2v) is 5.18. The molecule has 16 heavy (non-hydrogen) atoms. The Morgan fingerprint density at radius 2 is 2.06 bits per heavy atom. The van der Waals surface area contributed by atoms with E-state index in [4.69, 9.17) is 5.26 Å². The highest BCUT2D eigenvalue weighted by Gasteiger charge is 2.28. The van der Waals surface area contributed by atoms with Gasteiger partial charge in [-0.05, 0) is 24.7 Å². The normalized spacial score (nSPS) is 20.8. The Hall–Kier alpha value is -1.04. The lowest BCUT2D eigenvalue weighted by Crippen LogP contribution is -2.39. The van der Waals surface area contributed by atoms with Crippen LogP contribution in [0, 0.1) is 22.7 Å². The van der Waals surface area contributed by atoms with Crippen LogP contribution in [0.15, 0.2) is 0 Å². The Labute approximate surface area is 98.2 Å². The topological polar surface area (TPSA) is 52.9 Å². The molecule has 0 aliphatic heterocycles. The second-order valence-electron chi connectivity index (χ2n) is 5.18. The molecule has 1 aliphatic carbocycles. The van der Waals surface area contributed by atoms with Crippen LogP contribution in [0.3, 0.4) is 0 Å². The van der Waals surface area contributed by atoms with E-state index in [0.717, 1.165) is 6.54 Å². The van der Waals surface area contributed by atoms with Crippen molar-refractivity contribution in [1.82, 2.24) is 5.32 Å². The molecule has 1 N–H and O–H groups in total. The molecule has 1 amide bonds. The predicted molar refractivity (Wildman–Crippen MR) is 63.6 cm³/mol. The molecule has 0 aromatic carbocycles. The molecule has 0 radical (unpaired) electrons. The number of carbonyl (C=O) groups is 1. The van der Waals surface area contributed by atoms with Crippen LogP contribution in [0.2, 0.25) is 0 Å².